The number of halogens is 1. The lowest BCUT2D eigenvalue weighted by Gasteiger charge is -2.14. The first-order chi connectivity index (χ1) is 7.19. The van der Waals surface area contributed by atoms with Crippen LogP contribution in [-0.2, 0) is 0 Å². The summed E-state index contributed by atoms with van der Waals surface area (Å²) in [7, 11) is 0. The minimum absolute atomic E-state index is 0.525. The number of hydrogen-bond donors (Lipinski definition) is 1. The summed E-state index contributed by atoms with van der Waals surface area (Å²) < 4.78 is 0. The van der Waals surface area contributed by atoms with Gasteiger partial charge in [0, 0.05) is 12.1 Å². The molecule has 0 spiro atoms. The van der Waals surface area contributed by atoms with Gasteiger partial charge in [0.2, 0.25) is 0 Å². The third-order valence-corrected chi connectivity index (χ3v) is 3.12. The van der Waals surface area contributed by atoms with Crippen molar-refractivity contribution in [3.63, 3.8) is 0 Å². The van der Waals surface area contributed by atoms with E-state index in [0.29, 0.717) is 11.1 Å². The van der Waals surface area contributed by atoms with Gasteiger partial charge in [0.1, 0.15) is 17.3 Å². The summed E-state index contributed by atoms with van der Waals surface area (Å²) in [5, 5.41) is 3.85. The molecule has 1 aromatic rings. The molecule has 15 heavy (non-hydrogen) atoms. The minimum atomic E-state index is 0.525. The number of hydrogen-bond acceptors (Lipinski definition) is 3. The predicted molar refractivity (Wildman–Crippen MR) is 64.3 cm³/mol. The van der Waals surface area contributed by atoms with Crippen LogP contribution in [0.15, 0.2) is 6.33 Å². The van der Waals surface area contributed by atoms with E-state index in [0.717, 1.165) is 17.9 Å². The van der Waals surface area contributed by atoms with E-state index in [2.05, 4.69) is 29.1 Å². The van der Waals surface area contributed by atoms with E-state index in [1.807, 2.05) is 6.92 Å². The Hall–Kier alpha value is -0.830. The van der Waals surface area contributed by atoms with Crippen molar-refractivity contribution < 1.29 is 0 Å². The van der Waals surface area contributed by atoms with Crippen molar-refractivity contribution in [2.75, 3.05) is 11.9 Å². The second-order valence-corrected chi connectivity index (χ2v) is 4.06. The van der Waals surface area contributed by atoms with E-state index in [-0.39, 0.29) is 0 Å². The Balaban J connectivity index is 2.61. The highest BCUT2D eigenvalue weighted by Crippen LogP contribution is 2.18. The molecule has 1 rings (SSSR count). The van der Waals surface area contributed by atoms with Crippen molar-refractivity contribution in [3.05, 3.63) is 17.0 Å². The molecular weight excluding hydrogens is 210 g/mol. The van der Waals surface area contributed by atoms with Crippen LogP contribution < -0.4 is 5.32 Å². The van der Waals surface area contributed by atoms with Gasteiger partial charge in [-0.05, 0) is 12.8 Å². The van der Waals surface area contributed by atoms with Gasteiger partial charge in [0.25, 0.3) is 0 Å². The Labute approximate surface area is 96.3 Å². The summed E-state index contributed by atoms with van der Waals surface area (Å²) >= 11 is 5.91. The zero-order valence-corrected chi connectivity index (χ0v) is 10.3. The van der Waals surface area contributed by atoms with Gasteiger partial charge in [-0.15, -0.1) is 0 Å². The highest BCUT2D eigenvalue weighted by atomic mass is 35.5. The topological polar surface area (TPSA) is 37.8 Å². The van der Waals surface area contributed by atoms with E-state index in [1.165, 1.54) is 19.2 Å². The smallest absolute Gasteiger partial charge is 0.137 e. The van der Waals surface area contributed by atoms with Gasteiger partial charge in [-0.25, -0.2) is 9.97 Å². The number of nitrogens with one attached hydrogen (secondary N) is 1. The highest BCUT2D eigenvalue weighted by Gasteiger charge is 2.07. The third-order valence-electron chi connectivity index (χ3n) is 2.74. The lowest BCUT2D eigenvalue weighted by molar-refractivity contribution is 0.518. The molecular formula is C11H18ClN3. The van der Waals surface area contributed by atoms with E-state index in [1.54, 1.807) is 0 Å². The predicted octanol–water partition coefficient (Wildman–Crippen LogP) is 3.29. The first-order valence-electron chi connectivity index (χ1n) is 5.40. The summed E-state index contributed by atoms with van der Waals surface area (Å²) in [5.74, 6) is 1.54. The second kappa shape index (κ2) is 5.91. The lowest BCUT2D eigenvalue weighted by Crippen LogP contribution is -2.14. The van der Waals surface area contributed by atoms with Crippen LogP contribution in [-0.4, -0.2) is 16.5 Å². The minimum Gasteiger partial charge on any atom is -0.369 e. The average molecular weight is 228 g/mol. The van der Waals surface area contributed by atoms with Crippen molar-refractivity contribution in [2.24, 2.45) is 5.92 Å². The lowest BCUT2D eigenvalue weighted by atomic mass is 10.0. The van der Waals surface area contributed by atoms with Crippen molar-refractivity contribution in [1.29, 1.82) is 0 Å². The molecule has 4 heteroatoms. The van der Waals surface area contributed by atoms with Gasteiger partial charge in [-0.2, -0.15) is 0 Å². The SMILES string of the molecule is CCC(CC)CNc1ncnc(Cl)c1C. The van der Waals surface area contributed by atoms with Crippen LogP contribution in [0.1, 0.15) is 32.3 Å². The van der Waals surface area contributed by atoms with Crippen molar-refractivity contribution >= 4 is 17.4 Å². The molecule has 0 aliphatic carbocycles. The maximum Gasteiger partial charge on any atom is 0.137 e. The quantitative estimate of drug-likeness (QED) is 0.785. The van der Waals surface area contributed by atoms with Gasteiger partial charge in [-0.1, -0.05) is 38.3 Å². The second-order valence-electron chi connectivity index (χ2n) is 3.70. The van der Waals surface area contributed by atoms with Crippen LogP contribution in [0.25, 0.3) is 0 Å². The molecule has 0 bridgehead atoms. The van der Waals surface area contributed by atoms with Crippen molar-refractivity contribution in [1.82, 2.24) is 9.97 Å². The fraction of sp³-hybridized carbons (Fsp3) is 0.636. The molecule has 0 atom stereocenters. The molecule has 3 nitrogen and oxygen atoms in total. The highest BCUT2D eigenvalue weighted by molar-refractivity contribution is 6.30. The molecule has 0 saturated heterocycles. The molecule has 0 radical (unpaired) electrons. The molecule has 1 aromatic heterocycles. The van der Waals surface area contributed by atoms with Crippen LogP contribution in [0.5, 0.6) is 0 Å². The van der Waals surface area contributed by atoms with E-state index >= 15 is 0 Å². The van der Waals surface area contributed by atoms with E-state index in [9.17, 15) is 0 Å². The van der Waals surface area contributed by atoms with E-state index in [4.69, 9.17) is 11.6 Å². The zero-order valence-electron chi connectivity index (χ0n) is 9.55. The monoisotopic (exact) mass is 227 g/mol. The largest absolute Gasteiger partial charge is 0.369 e. The van der Waals surface area contributed by atoms with Gasteiger partial charge >= 0.3 is 0 Å². The number of nitrogens with zero attached hydrogens (tertiary/aromatic N) is 2. The maximum atomic E-state index is 5.91. The number of anilines is 1. The van der Waals surface area contributed by atoms with Gasteiger partial charge in [0.05, 0.1) is 0 Å². The molecule has 0 aromatic carbocycles. The molecule has 0 fully saturated rings. The Morgan fingerprint density at radius 2 is 2.00 bits per heavy atom. The molecule has 0 amide bonds. The van der Waals surface area contributed by atoms with Gasteiger partial charge < -0.3 is 5.32 Å². The first kappa shape index (κ1) is 12.2. The van der Waals surface area contributed by atoms with Crippen LogP contribution >= 0.6 is 11.6 Å². The summed E-state index contributed by atoms with van der Waals surface area (Å²) in [6.07, 6.45) is 3.85. The van der Waals surface area contributed by atoms with Crippen molar-refractivity contribution in [3.8, 4) is 0 Å². The van der Waals surface area contributed by atoms with Gasteiger partial charge in [0.15, 0.2) is 0 Å². The van der Waals surface area contributed by atoms with E-state index < -0.39 is 0 Å². The van der Waals surface area contributed by atoms with Crippen LogP contribution in [0.3, 0.4) is 0 Å². The summed E-state index contributed by atoms with van der Waals surface area (Å²) in [4.78, 5) is 8.09. The standard InChI is InChI=1S/C11H18ClN3/c1-4-9(5-2)6-13-11-8(3)10(12)14-7-15-11/h7,9H,4-6H2,1-3H3,(H,13,14,15). The van der Waals surface area contributed by atoms with Crippen LogP contribution in [0.2, 0.25) is 5.15 Å². The Bertz CT molecular complexity index is 311. The van der Waals surface area contributed by atoms with Crippen molar-refractivity contribution in [2.45, 2.75) is 33.6 Å². The third kappa shape index (κ3) is 3.34. The number of aromatic nitrogens is 2. The molecule has 0 aliphatic heterocycles. The molecule has 1 heterocycles. The molecule has 0 saturated carbocycles. The normalized spacial score (nSPS) is 10.7. The maximum absolute atomic E-state index is 5.91. The summed E-state index contributed by atoms with van der Waals surface area (Å²) in [6.45, 7) is 7.28. The summed E-state index contributed by atoms with van der Waals surface area (Å²) in [6, 6.07) is 0. The van der Waals surface area contributed by atoms with Crippen LogP contribution in [0, 0.1) is 12.8 Å². The Morgan fingerprint density at radius 1 is 1.33 bits per heavy atom. The molecule has 84 valence electrons. The first-order valence-corrected chi connectivity index (χ1v) is 5.77. The molecule has 0 unspecified atom stereocenters. The van der Waals surface area contributed by atoms with Gasteiger partial charge in [-0.3, -0.25) is 0 Å². The average Bonchev–Trinajstić information content (AvgIpc) is 2.25. The zero-order chi connectivity index (χ0) is 11.3. The Kier molecular flexibility index (Phi) is 4.82. The number of rotatable bonds is 5. The Morgan fingerprint density at radius 3 is 2.60 bits per heavy atom. The fourth-order valence-electron chi connectivity index (χ4n) is 1.43. The van der Waals surface area contributed by atoms with Crippen LogP contribution in [0.4, 0.5) is 5.82 Å². The summed E-state index contributed by atoms with van der Waals surface area (Å²) in [5.41, 5.74) is 0.921. The molecule has 0 aliphatic rings. The molecule has 1 N–H and O–H groups in total. The fourth-order valence-corrected chi connectivity index (χ4v) is 1.56.